The zero-order valence-corrected chi connectivity index (χ0v) is 16.0. The molecule has 2 aromatic carbocycles. The van der Waals surface area contributed by atoms with Crippen LogP contribution in [0.25, 0.3) is 0 Å². The lowest BCUT2D eigenvalue weighted by atomic mass is 10.1. The van der Waals surface area contributed by atoms with E-state index in [1.807, 2.05) is 36.4 Å². The van der Waals surface area contributed by atoms with Crippen LogP contribution in [0.5, 0.6) is 0 Å². The fourth-order valence-corrected chi connectivity index (χ4v) is 3.70. The molecule has 2 aromatic rings. The molecule has 1 fully saturated rings. The smallest absolute Gasteiger partial charge is 0.319 e. The first-order valence-corrected chi connectivity index (χ1v) is 9.82. The molecular weight excluding hydrogens is 376 g/mol. The van der Waals surface area contributed by atoms with Crippen LogP contribution < -0.4 is 15.5 Å². The molecular formula is C22H23F2N3O2. The monoisotopic (exact) mass is 399 g/mol. The summed E-state index contributed by atoms with van der Waals surface area (Å²) in [6.45, 7) is 0.824. The topological polar surface area (TPSA) is 61.4 Å². The van der Waals surface area contributed by atoms with E-state index in [2.05, 4.69) is 10.6 Å². The Labute approximate surface area is 168 Å². The molecule has 2 N–H and O–H groups in total. The molecule has 1 heterocycles. The van der Waals surface area contributed by atoms with Gasteiger partial charge in [0, 0.05) is 36.8 Å². The molecule has 1 saturated carbocycles. The van der Waals surface area contributed by atoms with Gasteiger partial charge in [-0.2, -0.15) is 0 Å². The van der Waals surface area contributed by atoms with E-state index >= 15 is 0 Å². The normalized spacial score (nSPS) is 18.8. The minimum absolute atomic E-state index is 0.0157. The van der Waals surface area contributed by atoms with Gasteiger partial charge >= 0.3 is 6.03 Å². The number of hydrogen-bond donors (Lipinski definition) is 2. The van der Waals surface area contributed by atoms with Gasteiger partial charge in [0.1, 0.15) is 0 Å². The molecule has 2 aliphatic rings. The second kappa shape index (κ2) is 7.81. The number of halogens is 2. The molecule has 1 aliphatic heterocycles. The van der Waals surface area contributed by atoms with Crippen molar-refractivity contribution in [3.05, 3.63) is 59.7 Å². The van der Waals surface area contributed by atoms with Crippen molar-refractivity contribution < 1.29 is 18.4 Å². The second-order valence-electron chi connectivity index (χ2n) is 7.63. The standard InChI is InChI=1S/C22H23F2N3O2/c23-22(24)14-17(22)8-10-25-21(29)26-18-7-6-16-9-11-27(19(16)13-18)20(28)12-15-4-2-1-3-5-15/h1-7,13,17H,8-12,14H2,(H2,25,26,29). The number of urea groups is 1. The fraction of sp³-hybridized carbons (Fsp3) is 0.364. The molecule has 1 atom stereocenters. The Morgan fingerprint density at radius 3 is 2.62 bits per heavy atom. The van der Waals surface area contributed by atoms with Gasteiger partial charge in [-0.3, -0.25) is 4.79 Å². The van der Waals surface area contributed by atoms with Crippen LogP contribution in [0.3, 0.4) is 0 Å². The first kappa shape index (κ1) is 19.4. The molecule has 0 saturated heterocycles. The Bertz CT molecular complexity index is 918. The Morgan fingerprint density at radius 1 is 1.14 bits per heavy atom. The first-order valence-electron chi connectivity index (χ1n) is 9.82. The quantitative estimate of drug-likeness (QED) is 0.772. The van der Waals surface area contributed by atoms with Crippen molar-refractivity contribution >= 4 is 23.3 Å². The Balaban J connectivity index is 1.34. The number of alkyl halides is 2. The van der Waals surface area contributed by atoms with E-state index in [1.165, 1.54) is 0 Å². The molecule has 3 amide bonds. The molecule has 0 aromatic heterocycles. The summed E-state index contributed by atoms with van der Waals surface area (Å²) in [6, 6.07) is 14.6. The summed E-state index contributed by atoms with van der Waals surface area (Å²) >= 11 is 0. The minimum atomic E-state index is -2.56. The van der Waals surface area contributed by atoms with Gasteiger partial charge in [-0.25, -0.2) is 13.6 Å². The number of nitrogens with zero attached hydrogens (tertiary/aromatic N) is 1. The van der Waals surface area contributed by atoms with Crippen LogP contribution in [0.15, 0.2) is 48.5 Å². The average molecular weight is 399 g/mol. The van der Waals surface area contributed by atoms with Crippen LogP contribution in [0.4, 0.5) is 25.0 Å². The van der Waals surface area contributed by atoms with Gasteiger partial charge in [0.2, 0.25) is 5.91 Å². The molecule has 152 valence electrons. The third kappa shape index (κ3) is 4.55. The van der Waals surface area contributed by atoms with E-state index in [4.69, 9.17) is 0 Å². The predicted molar refractivity (Wildman–Crippen MR) is 107 cm³/mol. The van der Waals surface area contributed by atoms with Crippen LogP contribution in [-0.4, -0.2) is 31.0 Å². The number of rotatable bonds is 6. The summed E-state index contributed by atoms with van der Waals surface area (Å²) in [5.74, 6) is -3.16. The third-order valence-corrected chi connectivity index (χ3v) is 5.47. The number of benzene rings is 2. The molecule has 7 heteroatoms. The molecule has 1 unspecified atom stereocenters. The zero-order chi connectivity index (χ0) is 20.4. The lowest BCUT2D eigenvalue weighted by molar-refractivity contribution is -0.117. The Hall–Kier alpha value is -2.96. The average Bonchev–Trinajstić information content (AvgIpc) is 3.10. The van der Waals surface area contributed by atoms with Crippen LogP contribution in [0.2, 0.25) is 0 Å². The lowest BCUT2D eigenvalue weighted by Crippen LogP contribution is -2.31. The van der Waals surface area contributed by atoms with Crippen molar-refractivity contribution in [1.82, 2.24) is 5.32 Å². The Morgan fingerprint density at radius 2 is 1.90 bits per heavy atom. The number of anilines is 2. The predicted octanol–water partition coefficient (Wildman–Crippen LogP) is 3.99. The molecule has 0 spiro atoms. The molecule has 29 heavy (non-hydrogen) atoms. The highest BCUT2D eigenvalue weighted by Crippen LogP contribution is 2.50. The van der Waals surface area contributed by atoms with E-state index in [0.29, 0.717) is 18.7 Å². The molecule has 1 aliphatic carbocycles. The Kier molecular flexibility index (Phi) is 5.22. The van der Waals surface area contributed by atoms with Gasteiger partial charge < -0.3 is 15.5 Å². The van der Waals surface area contributed by atoms with Crippen LogP contribution >= 0.6 is 0 Å². The molecule has 0 radical (unpaired) electrons. The van der Waals surface area contributed by atoms with Crippen LogP contribution in [0, 0.1) is 5.92 Å². The van der Waals surface area contributed by atoms with Gasteiger partial charge in [0.15, 0.2) is 0 Å². The van der Waals surface area contributed by atoms with Crippen LogP contribution in [-0.2, 0) is 17.6 Å². The number of fused-ring (bicyclic) bond motifs is 1. The largest absolute Gasteiger partial charge is 0.338 e. The maximum absolute atomic E-state index is 12.9. The second-order valence-corrected chi connectivity index (χ2v) is 7.63. The van der Waals surface area contributed by atoms with Crippen molar-refractivity contribution in [2.75, 3.05) is 23.3 Å². The van der Waals surface area contributed by atoms with E-state index in [0.717, 1.165) is 23.2 Å². The minimum Gasteiger partial charge on any atom is -0.338 e. The van der Waals surface area contributed by atoms with Gasteiger partial charge in [0.05, 0.1) is 6.42 Å². The van der Waals surface area contributed by atoms with E-state index in [-0.39, 0.29) is 25.3 Å². The highest BCUT2D eigenvalue weighted by molar-refractivity contribution is 5.98. The van der Waals surface area contributed by atoms with E-state index in [1.54, 1.807) is 17.0 Å². The summed E-state index contributed by atoms with van der Waals surface area (Å²) in [5, 5.41) is 5.33. The molecule has 4 rings (SSSR count). The van der Waals surface area contributed by atoms with Crippen LogP contribution in [0.1, 0.15) is 24.0 Å². The SMILES string of the molecule is O=C(NCCC1CC1(F)F)Nc1ccc2c(c1)N(C(=O)Cc1ccccc1)CC2. The maximum Gasteiger partial charge on any atom is 0.319 e. The van der Waals surface area contributed by atoms with E-state index < -0.39 is 17.9 Å². The van der Waals surface area contributed by atoms with Gasteiger partial charge in [-0.1, -0.05) is 36.4 Å². The van der Waals surface area contributed by atoms with Crippen molar-refractivity contribution in [3.8, 4) is 0 Å². The van der Waals surface area contributed by atoms with Gasteiger partial charge in [-0.15, -0.1) is 0 Å². The summed E-state index contributed by atoms with van der Waals surface area (Å²) in [5.41, 5.74) is 3.40. The summed E-state index contributed by atoms with van der Waals surface area (Å²) in [4.78, 5) is 26.5. The summed E-state index contributed by atoms with van der Waals surface area (Å²) in [7, 11) is 0. The highest BCUT2D eigenvalue weighted by Gasteiger charge is 2.55. The molecule has 5 nitrogen and oxygen atoms in total. The van der Waals surface area contributed by atoms with Crippen molar-refractivity contribution in [2.24, 2.45) is 5.92 Å². The van der Waals surface area contributed by atoms with Crippen molar-refractivity contribution in [2.45, 2.75) is 31.6 Å². The fourth-order valence-electron chi connectivity index (χ4n) is 3.70. The number of nitrogens with one attached hydrogen (secondary N) is 2. The maximum atomic E-state index is 12.9. The van der Waals surface area contributed by atoms with E-state index in [9.17, 15) is 18.4 Å². The lowest BCUT2D eigenvalue weighted by Gasteiger charge is -2.18. The summed E-state index contributed by atoms with van der Waals surface area (Å²) < 4.78 is 25.7. The number of carbonyl (C=O) groups excluding carboxylic acids is 2. The van der Waals surface area contributed by atoms with Gasteiger partial charge in [0.25, 0.3) is 5.92 Å². The van der Waals surface area contributed by atoms with Crippen molar-refractivity contribution in [1.29, 1.82) is 0 Å². The summed E-state index contributed by atoms with van der Waals surface area (Å²) in [6.07, 6.45) is 1.28. The van der Waals surface area contributed by atoms with Gasteiger partial charge in [-0.05, 0) is 36.1 Å². The number of carbonyl (C=O) groups is 2. The first-order chi connectivity index (χ1) is 13.9. The third-order valence-electron chi connectivity index (χ3n) is 5.47. The molecule has 0 bridgehead atoms. The highest BCUT2D eigenvalue weighted by atomic mass is 19.3. The van der Waals surface area contributed by atoms with Crippen molar-refractivity contribution in [3.63, 3.8) is 0 Å². The number of hydrogen-bond acceptors (Lipinski definition) is 2. The number of amides is 3. The zero-order valence-electron chi connectivity index (χ0n) is 16.0.